The van der Waals surface area contributed by atoms with Gasteiger partial charge in [-0.2, -0.15) is 0 Å². The molecule has 0 amide bonds. The van der Waals surface area contributed by atoms with Crippen LogP contribution in [0.2, 0.25) is 5.02 Å². The third kappa shape index (κ3) is 3.17. The van der Waals surface area contributed by atoms with E-state index in [2.05, 4.69) is 0 Å². The highest BCUT2D eigenvalue weighted by atomic mass is 35.5. The van der Waals surface area contributed by atoms with Gasteiger partial charge in [-0.3, -0.25) is 0 Å². The normalized spacial score (nSPS) is 10.2. The van der Waals surface area contributed by atoms with Gasteiger partial charge in [-0.1, -0.05) is 29.8 Å². The molecule has 0 aliphatic carbocycles. The Morgan fingerprint density at radius 1 is 1.00 bits per heavy atom. The lowest BCUT2D eigenvalue weighted by molar-refractivity contribution is 0.266. The smallest absolute Gasteiger partial charge is 0.203 e. The second-order valence-electron chi connectivity index (χ2n) is 4.38. The van der Waals surface area contributed by atoms with Crippen molar-refractivity contribution >= 4 is 11.6 Å². The molecule has 2 rings (SSSR count). The largest absolute Gasteiger partial charge is 0.493 e. The number of benzene rings is 2. The molecule has 0 saturated carbocycles. The van der Waals surface area contributed by atoms with Crippen molar-refractivity contribution in [1.82, 2.24) is 0 Å². The van der Waals surface area contributed by atoms with Crippen molar-refractivity contribution in [1.29, 1.82) is 0 Å². The van der Waals surface area contributed by atoms with Gasteiger partial charge in [-0.05, 0) is 30.7 Å². The fourth-order valence-electron chi connectivity index (χ4n) is 1.92. The molecule has 0 aliphatic rings. The Morgan fingerprint density at radius 3 is 2.15 bits per heavy atom. The van der Waals surface area contributed by atoms with Crippen molar-refractivity contribution < 1.29 is 14.2 Å². The molecular weight excluding hydrogens is 276 g/mol. The van der Waals surface area contributed by atoms with Crippen LogP contribution in [0, 0.1) is 6.92 Å². The van der Waals surface area contributed by atoms with Gasteiger partial charge in [0.05, 0.1) is 14.2 Å². The van der Waals surface area contributed by atoms with Gasteiger partial charge in [0.25, 0.3) is 0 Å². The molecule has 20 heavy (non-hydrogen) atoms. The molecule has 106 valence electrons. The first-order valence-corrected chi connectivity index (χ1v) is 6.62. The summed E-state index contributed by atoms with van der Waals surface area (Å²) < 4.78 is 16.5. The van der Waals surface area contributed by atoms with Crippen LogP contribution in [0.5, 0.6) is 17.2 Å². The summed E-state index contributed by atoms with van der Waals surface area (Å²) in [5.41, 5.74) is 1.96. The van der Waals surface area contributed by atoms with E-state index in [9.17, 15) is 0 Å². The molecule has 0 aliphatic heterocycles. The Kier molecular flexibility index (Phi) is 4.74. The van der Waals surface area contributed by atoms with E-state index >= 15 is 0 Å². The van der Waals surface area contributed by atoms with Gasteiger partial charge in [0.1, 0.15) is 6.61 Å². The first-order chi connectivity index (χ1) is 9.65. The minimum Gasteiger partial charge on any atom is -0.493 e. The molecular formula is C16H17ClO3. The summed E-state index contributed by atoms with van der Waals surface area (Å²) in [6.45, 7) is 2.33. The quantitative estimate of drug-likeness (QED) is 0.825. The minimum atomic E-state index is 0.357. The summed E-state index contributed by atoms with van der Waals surface area (Å²) >= 11 is 6.12. The fourth-order valence-corrected chi connectivity index (χ4v) is 2.11. The minimum absolute atomic E-state index is 0.357. The Balaban J connectivity index is 2.27. The average molecular weight is 293 g/mol. The monoisotopic (exact) mass is 292 g/mol. The maximum absolute atomic E-state index is 6.12. The van der Waals surface area contributed by atoms with Gasteiger partial charge in [-0.25, -0.2) is 0 Å². The Labute approximate surface area is 124 Å². The summed E-state index contributed by atoms with van der Waals surface area (Å²) in [5.74, 6) is 1.88. The van der Waals surface area contributed by atoms with Gasteiger partial charge in [0.15, 0.2) is 11.5 Å². The van der Waals surface area contributed by atoms with Crippen LogP contribution in [0.4, 0.5) is 0 Å². The highest BCUT2D eigenvalue weighted by molar-refractivity contribution is 6.31. The molecule has 2 aromatic rings. The second-order valence-corrected chi connectivity index (χ2v) is 4.79. The first kappa shape index (κ1) is 14.5. The summed E-state index contributed by atoms with van der Waals surface area (Å²) in [6.07, 6.45) is 0. The number of hydrogen-bond acceptors (Lipinski definition) is 3. The van der Waals surface area contributed by atoms with Crippen LogP contribution < -0.4 is 14.2 Å². The molecule has 0 aromatic heterocycles. The van der Waals surface area contributed by atoms with Crippen LogP contribution in [-0.2, 0) is 6.61 Å². The molecule has 0 N–H and O–H groups in total. The van der Waals surface area contributed by atoms with Crippen LogP contribution in [0.15, 0.2) is 36.4 Å². The van der Waals surface area contributed by atoms with Gasteiger partial charge < -0.3 is 14.2 Å². The highest BCUT2D eigenvalue weighted by Gasteiger charge is 2.13. The van der Waals surface area contributed by atoms with Crippen molar-refractivity contribution in [2.75, 3.05) is 14.2 Å². The summed E-state index contributed by atoms with van der Waals surface area (Å²) in [7, 11) is 3.22. The molecule has 0 fully saturated rings. The average Bonchev–Trinajstić information content (AvgIpc) is 2.46. The lowest BCUT2D eigenvalue weighted by atomic mass is 10.2. The third-order valence-electron chi connectivity index (χ3n) is 2.93. The van der Waals surface area contributed by atoms with E-state index in [1.54, 1.807) is 14.2 Å². The Morgan fingerprint density at radius 2 is 1.60 bits per heavy atom. The van der Waals surface area contributed by atoms with Crippen LogP contribution in [-0.4, -0.2) is 14.2 Å². The Hall–Kier alpha value is -1.87. The van der Waals surface area contributed by atoms with Crippen molar-refractivity contribution in [2.24, 2.45) is 0 Å². The number of ether oxygens (including phenoxy) is 3. The summed E-state index contributed by atoms with van der Waals surface area (Å²) in [5, 5.41) is 0.678. The third-order valence-corrected chi connectivity index (χ3v) is 3.30. The molecule has 0 bridgehead atoms. The molecule has 0 saturated heterocycles. The molecule has 3 nitrogen and oxygen atoms in total. The molecule has 0 radical (unpaired) electrons. The van der Waals surface area contributed by atoms with Crippen molar-refractivity contribution in [3.63, 3.8) is 0 Å². The van der Waals surface area contributed by atoms with Gasteiger partial charge in [-0.15, -0.1) is 0 Å². The van der Waals surface area contributed by atoms with E-state index < -0.39 is 0 Å². The molecule has 0 heterocycles. The SMILES string of the molecule is COc1cc(C)cc(OC)c1OCc1ccccc1Cl. The fraction of sp³-hybridized carbons (Fsp3) is 0.250. The van der Waals surface area contributed by atoms with E-state index in [-0.39, 0.29) is 0 Å². The molecule has 0 atom stereocenters. The number of halogens is 1. The summed E-state index contributed by atoms with van der Waals surface area (Å²) in [6, 6.07) is 11.4. The second kappa shape index (κ2) is 6.53. The maximum Gasteiger partial charge on any atom is 0.203 e. The van der Waals surface area contributed by atoms with Crippen molar-refractivity contribution in [3.05, 3.63) is 52.5 Å². The van der Waals surface area contributed by atoms with Crippen LogP contribution in [0.3, 0.4) is 0 Å². The predicted molar refractivity (Wildman–Crippen MR) is 80.1 cm³/mol. The van der Waals surface area contributed by atoms with E-state index in [0.29, 0.717) is 28.9 Å². The lowest BCUT2D eigenvalue weighted by Gasteiger charge is -2.15. The zero-order chi connectivity index (χ0) is 14.5. The molecule has 0 unspecified atom stereocenters. The van der Waals surface area contributed by atoms with E-state index in [0.717, 1.165) is 11.1 Å². The molecule has 0 spiro atoms. The highest BCUT2D eigenvalue weighted by Crippen LogP contribution is 2.39. The number of rotatable bonds is 5. The number of methoxy groups -OCH3 is 2. The zero-order valence-electron chi connectivity index (χ0n) is 11.8. The summed E-state index contributed by atoms with van der Waals surface area (Å²) in [4.78, 5) is 0. The van der Waals surface area contributed by atoms with Gasteiger partial charge >= 0.3 is 0 Å². The first-order valence-electron chi connectivity index (χ1n) is 6.24. The van der Waals surface area contributed by atoms with Crippen LogP contribution >= 0.6 is 11.6 Å². The molecule has 2 aromatic carbocycles. The maximum atomic E-state index is 6.12. The lowest BCUT2D eigenvalue weighted by Crippen LogP contribution is -2.01. The number of aryl methyl sites for hydroxylation is 1. The van der Waals surface area contributed by atoms with Gasteiger partial charge in [0.2, 0.25) is 5.75 Å². The van der Waals surface area contributed by atoms with Crippen LogP contribution in [0.1, 0.15) is 11.1 Å². The standard InChI is InChI=1S/C16H17ClO3/c1-11-8-14(18-2)16(15(9-11)19-3)20-10-12-6-4-5-7-13(12)17/h4-9H,10H2,1-3H3. The van der Waals surface area contributed by atoms with Gasteiger partial charge in [0, 0.05) is 10.6 Å². The van der Waals surface area contributed by atoms with E-state index in [1.807, 2.05) is 43.3 Å². The number of hydrogen-bond donors (Lipinski definition) is 0. The van der Waals surface area contributed by atoms with Crippen LogP contribution in [0.25, 0.3) is 0 Å². The van der Waals surface area contributed by atoms with Crippen molar-refractivity contribution in [2.45, 2.75) is 13.5 Å². The predicted octanol–water partition coefficient (Wildman–Crippen LogP) is 4.24. The zero-order valence-corrected chi connectivity index (χ0v) is 12.5. The van der Waals surface area contributed by atoms with Crippen molar-refractivity contribution in [3.8, 4) is 17.2 Å². The van der Waals surface area contributed by atoms with E-state index in [4.69, 9.17) is 25.8 Å². The topological polar surface area (TPSA) is 27.7 Å². The molecule has 4 heteroatoms. The Bertz CT molecular complexity index is 571. The van der Waals surface area contributed by atoms with E-state index in [1.165, 1.54) is 0 Å².